The fourth-order valence-electron chi connectivity index (χ4n) is 7.86. The summed E-state index contributed by atoms with van der Waals surface area (Å²) in [6.45, 7) is 1.97. The van der Waals surface area contributed by atoms with Crippen molar-refractivity contribution in [2.24, 2.45) is 5.92 Å². The Morgan fingerprint density at radius 2 is 1.97 bits per heavy atom. The molecule has 2 aromatic carbocycles. The largest absolute Gasteiger partial charge is 0.504 e. The molecule has 5 aliphatic rings. The monoisotopic (exact) mass is 486 g/mol. The van der Waals surface area contributed by atoms with Gasteiger partial charge < -0.3 is 19.8 Å². The number of hydrogen-bond donors (Lipinski definition) is 2. The average molecular weight is 487 g/mol. The number of aliphatic hydroxyl groups is 1. The summed E-state index contributed by atoms with van der Waals surface area (Å²) in [7, 11) is 1.85. The van der Waals surface area contributed by atoms with E-state index in [-0.39, 0.29) is 29.8 Å². The highest BCUT2D eigenvalue weighted by molar-refractivity contribution is 5.92. The molecule has 1 saturated heterocycles. The molecule has 188 valence electrons. The van der Waals surface area contributed by atoms with Gasteiger partial charge in [-0.3, -0.25) is 9.69 Å². The van der Waals surface area contributed by atoms with E-state index < -0.39 is 11.0 Å². The minimum Gasteiger partial charge on any atom is -0.504 e. The lowest BCUT2D eigenvalue weighted by Crippen LogP contribution is -2.78. The molecular weight excluding hydrogens is 452 g/mol. The first-order valence-corrected chi connectivity index (χ1v) is 13.4. The van der Waals surface area contributed by atoms with Crippen LogP contribution < -0.4 is 4.74 Å². The van der Waals surface area contributed by atoms with Gasteiger partial charge in [0, 0.05) is 31.3 Å². The molecule has 1 amide bonds. The van der Waals surface area contributed by atoms with Crippen LogP contribution in [0.3, 0.4) is 0 Å². The minimum atomic E-state index is -0.933. The fraction of sp³-hybridized carbons (Fsp3) is 0.500. The third-order valence-corrected chi connectivity index (χ3v) is 9.79. The van der Waals surface area contributed by atoms with Crippen molar-refractivity contribution in [2.45, 2.75) is 67.7 Å². The highest BCUT2D eigenvalue weighted by Gasteiger charge is 2.73. The number of phenolic OH excluding ortho intramolecular Hbond substituents is 1. The van der Waals surface area contributed by atoms with Gasteiger partial charge in [-0.2, -0.15) is 0 Å². The number of likely N-dealkylation sites (N-methyl/N-ethyl adjacent to an activating group) is 1. The number of carbonyl (C=O) groups is 1. The molecule has 2 aliphatic heterocycles. The number of nitrogens with zero attached hydrogens (tertiary/aromatic N) is 2. The maximum Gasteiger partial charge on any atom is 0.246 e. The zero-order valence-corrected chi connectivity index (χ0v) is 20.8. The summed E-state index contributed by atoms with van der Waals surface area (Å²) in [4.78, 5) is 17.6. The number of benzene rings is 2. The molecule has 1 unspecified atom stereocenters. The van der Waals surface area contributed by atoms with Crippen LogP contribution in [0.25, 0.3) is 6.08 Å². The Bertz CT molecular complexity index is 1240. The van der Waals surface area contributed by atoms with E-state index in [9.17, 15) is 15.0 Å². The molecule has 1 spiro atoms. The molecule has 0 aromatic heterocycles. The summed E-state index contributed by atoms with van der Waals surface area (Å²) in [5, 5.41) is 23.4. The molecule has 0 radical (unpaired) electrons. The van der Waals surface area contributed by atoms with Gasteiger partial charge in [-0.1, -0.05) is 36.4 Å². The van der Waals surface area contributed by atoms with Crippen molar-refractivity contribution in [3.8, 4) is 11.5 Å². The van der Waals surface area contributed by atoms with Crippen LogP contribution in [0, 0.1) is 5.92 Å². The molecule has 2 N–H and O–H groups in total. The van der Waals surface area contributed by atoms with E-state index in [2.05, 4.69) is 4.90 Å². The second-order valence-electron chi connectivity index (χ2n) is 11.6. The standard InChI is InChI=1S/C30H34N2O4/c1-31(25(34)12-9-19-5-3-2-4-6-19)22-13-14-30(35)24-17-21-10-11-23(33)27-26(21)29(30,28(22)36-27)15-16-32(24)18-20-7-8-20/h2-6,9-12,20,22,24,28,33,35H,7-8,13-18H2,1H3/b12-9+/t22-,24+,28+,29?,30-/m1/s1. The van der Waals surface area contributed by atoms with Gasteiger partial charge in [-0.05, 0) is 74.3 Å². The predicted molar refractivity (Wildman–Crippen MR) is 137 cm³/mol. The van der Waals surface area contributed by atoms with Crippen LogP contribution in [0.5, 0.6) is 11.5 Å². The smallest absolute Gasteiger partial charge is 0.246 e. The first-order valence-electron chi connectivity index (χ1n) is 13.4. The number of phenols is 1. The van der Waals surface area contributed by atoms with Gasteiger partial charge in [-0.25, -0.2) is 0 Å². The number of ether oxygens (including phenoxy) is 1. The SMILES string of the molecule is CN(C(=O)/C=C/c1ccccc1)[C@@H]1CC[C@@]2(O)[C@@H]3Cc4ccc(O)c5c4C2(CCN3CC2CC2)[C@H]1O5. The lowest BCUT2D eigenvalue weighted by atomic mass is 9.48. The molecule has 7 rings (SSSR count). The lowest BCUT2D eigenvalue weighted by molar-refractivity contribution is -0.200. The van der Waals surface area contributed by atoms with Crippen molar-refractivity contribution in [1.82, 2.24) is 9.80 Å². The Morgan fingerprint density at radius 1 is 1.17 bits per heavy atom. The summed E-state index contributed by atoms with van der Waals surface area (Å²) < 4.78 is 6.60. The Kier molecular flexibility index (Phi) is 4.87. The summed E-state index contributed by atoms with van der Waals surface area (Å²) in [6.07, 6.45) is 8.51. The van der Waals surface area contributed by atoms with Gasteiger partial charge in [0.25, 0.3) is 0 Å². The van der Waals surface area contributed by atoms with Crippen molar-refractivity contribution < 1.29 is 19.7 Å². The Morgan fingerprint density at radius 3 is 2.75 bits per heavy atom. The zero-order valence-electron chi connectivity index (χ0n) is 20.8. The molecule has 2 heterocycles. The van der Waals surface area contributed by atoms with Gasteiger partial charge in [0.2, 0.25) is 5.91 Å². The summed E-state index contributed by atoms with van der Waals surface area (Å²) in [5.74, 6) is 1.34. The molecule has 6 nitrogen and oxygen atoms in total. The van der Waals surface area contributed by atoms with Crippen molar-refractivity contribution in [3.63, 3.8) is 0 Å². The van der Waals surface area contributed by atoms with Crippen LogP contribution in [0.1, 0.15) is 48.8 Å². The number of rotatable bonds is 5. The summed E-state index contributed by atoms with van der Waals surface area (Å²) >= 11 is 0. The zero-order chi connectivity index (χ0) is 24.7. The average Bonchev–Trinajstić information content (AvgIpc) is 3.63. The van der Waals surface area contributed by atoms with E-state index in [1.54, 1.807) is 17.0 Å². The maximum atomic E-state index is 13.3. The Hall–Kier alpha value is -2.83. The third-order valence-electron chi connectivity index (χ3n) is 9.79. The first-order chi connectivity index (χ1) is 17.4. The van der Waals surface area contributed by atoms with E-state index >= 15 is 0 Å². The maximum absolute atomic E-state index is 13.3. The Balaban J connectivity index is 1.26. The number of piperidine rings is 1. The molecule has 2 aromatic rings. The molecule has 3 aliphatic carbocycles. The molecule has 5 atom stereocenters. The molecule has 3 fully saturated rings. The van der Waals surface area contributed by atoms with E-state index in [0.29, 0.717) is 18.6 Å². The van der Waals surface area contributed by atoms with E-state index in [1.165, 1.54) is 18.4 Å². The van der Waals surface area contributed by atoms with E-state index in [0.717, 1.165) is 43.0 Å². The van der Waals surface area contributed by atoms with Crippen molar-refractivity contribution >= 4 is 12.0 Å². The highest BCUT2D eigenvalue weighted by Crippen LogP contribution is 2.66. The molecular formula is C30H34N2O4. The fourth-order valence-corrected chi connectivity index (χ4v) is 7.86. The summed E-state index contributed by atoms with van der Waals surface area (Å²) in [5.41, 5.74) is 1.62. The summed E-state index contributed by atoms with van der Waals surface area (Å²) in [6, 6.07) is 13.4. The van der Waals surface area contributed by atoms with Crippen LogP contribution >= 0.6 is 0 Å². The number of likely N-dealkylation sites (tertiary alicyclic amines) is 1. The van der Waals surface area contributed by atoms with Crippen LogP contribution in [-0.2, 0) is 16.6 Å². The van der Waals surface area contributed by atoms with Crippen LogP contribution in [-0.4, -0.2) is 69.8 Å². The van der Waals surface area contributed by atoms with Crippen molar-refractivity contribution in [2.75, 3.05) is 20.1 Å². The normalized spacial score (nSPS) is 34.3. The first kappa shape index (κ1) is 22.4. The molecule has 2 saturated carbocycles. The van der Waals surface area contributed by atoms with Gasteiger partial charge in [0.15, 0.2) is 11.5 Å². The van der Waals surface area contributed by atoms with Gasteiger partial charge in [-0.15, -0.1) is 0 Å². The molecule has 6 heteroatoms. The van der Waals surface area contributed by atoms with Gasteiger partial charge in [0.1, 0.15) is 6.10 Å². The van der Waals surface area contributed by atoms with Crippen molar-refractivity contribution in [3.05, 3.63) is 65.2 Å². The lowest BCUT2D eigenvalue weighted by Gasteiger charge is -2.64. The second kappa shape index (κ2) is 7.83. The number of hydrogen-bond acceptors (Lipinski definition) is 5. The predicted octanol–water partition coefficient (Wildman–Crippen LogP) is 3.50. The number of carbonyl (C=O) groups excluding carboxylic acids is 1. The number of aromatic hydroxyl groups is 1. The highest BCUT2D eigenvalue weighted by atomic mass is 16.5. The quantitative estimate of drug-likeness (QED) is 0.633. The topological polar surface area (TPSA) is 73.2 Å². The molecule has 2 bridgehead atoms. The third kappa shape index (κ3) is 3.00. The Labute approximate surface area is 212 Å². The van der Waals surface area contributed by atoms with Crippen LogP contribution in [0.4, 0.5) is 0 Å². The molecule has 36 heavy (non-hydrogen) atoms. The van der Waals surface area contributed by atoms with E-state index in [4.69, 9.17) is 4.74 Å². The van der Waals surface area contributed by atoms with Crippen LogP contribution in [0.2, 0.25) is 0 Å². The number of amides is 1. The second-order valence-corrected chi connectivity index (χ2v) is 11.6. The van der Waals surface area contributed by atoms with Gasteiger partial charge >= 0.3 is 0 Å². The van der Waals surface area contributed by atoms with Gasteiger partial charge in [0.05, 0.1) is 17.1 Å². The van der Waals surface area contributed by atoms with Crippen molar-refractivity contribution in [1.29, 1.82) is 0 Å². The van der Waals surface area contributed by atoms with E-state index in [1.807, 2.05) is 49.5 Å². The minimum absolute atomic E-state index is 0.0425. The van der Waals surface area contributed by atoms with Crippen LogP contribution in [0.15, 0.2) is 48.5 Å².